The Morgan fingerprint density at radius 1 is 0.960 bits per heavy atom. The number of amides is 1. The normalized spacial score (nSPS) is 23.4. The van der Waals surface area contributed by atoms with Crippen LogP contribution in [0.1, 0.15) is 56.1 Å². The molecule has 1 fully saturated rings. The first kappa shape index (κ1) is 16.2. The smallest absolute Gasteiger partial charge is 0.412 e. The highest BCUT2D eigenvalue weighted by molar-refractivity contribution is 5.89. The first-order valence-corrected chi connectivity index (χ1v) is 9.43. The second kappa shape index (κ2) is 6.91. The maximum absolute atomic E-state index is 12.3. The van der Waals surface area contributed by atoms with Crippen LogP contribution in [0.15, 0.2) is 54.6 Å². The Morgan fingerprint density at radius 2 is 1.68 bits per heavy atom. The van der Waals surface area contributed by atoms with Gasteiger partial charge in [-0.1, -0.05) is 80.6 Å². The molecule has 130 valence electrons. The van der Waals surface area contributed by atoms with E-state index < -0.39 is 5.60 Å². The van der Waals surface area contributed by atoms with E-state index in [-0.39, 0.29) is 6.09 Å². The van der Waals surface area contributed by atoms with E-state index in [0.29, 0.717) is 0 Å². The van der Waals surface area contributed by atoms with Crippen LogP contribution in [0.5, 0.6) is 0 Å². The third kappa shape index (κ3) is 3.15. The Labute approximate surface area is 149 Å². The van der Waals surface area contributed by atoms with Gasteiger partial charge < -0.3 is 4.74 Å². The van der Waals surface area contributed by atoms with Crippen molar-refractivity contribution in [2.45, 2.75) is 50.5 Å². The predicted molar refractivity (Wildman–Crippen MR) is 99.6 cm³/mol. The van der Waals surface area contributed by atoms with Crippen LogP contribution in [0.2, 0.25) is 0 Å². The van der Waals surface area contributed by atoms with Crippen molar-refractivity contribution in [2.24, 2.45) is 5.92 Å². The second-order valence-electron chi connectivity index (χ2n) is 7.30. The Morgan fingerprint density at radius 3 is 2.48 bits per heavy atom. The molecule has 1 atom stereocenters. The second-order valence-corrected chi connectivity index (χ2v) is 7.30. The summed E-state index contributed by atoms with van der Waals surface area (Å²) in [5, 5.41) is 2.86. The van der Waals surface area contributed by atoms with Crippen LogP contribution in [0, 0.1) is 5.92 Å². The molecule has 1 aliphatic heterocycles. The van der Waals surface area contributed by atoms with Crippen molar-refractivity contribution < 1.29 is 9.53 Å². The highest BCUT2D eigenvalue weighted by atomic mass is 16.6. The van der Waals surface area contributed by atoms with Gasteiger partial charge in [-0.3, -0.25) is 5.32 Å². The summed E-state index contributed by atoms with van der Waals surface area (Å²) in [7, 11) is 0. The molecule has 1 heterocycles. The minimum Gasteiger partial charge on any atom is -0.433 e. The lowest BCUT2D eigenvalue weighted by atomic mass is 9.76. The van der Waals surface area contributed by atoms with E-state index in [1.807, 2.05) is 36.4 Å². The molecule has 0 saturated heterocycles. The van der Waals surface area contributed by atoms with Gasteiger partial charge in [0.05, 0.1) is 5.69 Å². The molecule has 25 heavy (non-hydrogen) atoms. The van der Waals surface area contributed by atoms with E-state index >= 15 is 0 Å². The van der Waals surface area contributed by atoms with Crippen molar-refractivity contribution in [1.29, 1.82) is 0 Å². The predicted octanol–water partition coefficient (Wildman–Crippen LogP) is 5.85. The van der Waals surface area contributed by atoms with Gasteiger partial charge in [-0.25, -0.2) is 4.79 Å². The summed E-state index contributed by atoms with van der Waals surface area (Å²) < 4.78 is 6.03. The van der Waals surface area contributed by atoms with E-state index in [1.54, 1.807) is 0 Å². The van der Waals surface area contributed by atoms with Crippen molar-refractivity contribution in [3.05, 3.63) is 65.7 Å². The highest BCUT2D eigenvalue weighted by Crippen LogP contribution is 2.46. The van der Waals surface area contributed by atoms with Gasteiger partial charge in [-0.05, 0) is 24.8 Å². The zero-order valence-corrected chi connectivity index (χ0v) is 14.5. The van der Waals surface area contributed by atoms with Crippen molar-refractivity contribution >= 4 is 11.8 Å². The van der Waals surface area contributed by atoms with Gasteiger partial charge in [0.2, 0.25) is 0 Å². The van der Waals surface area contributed by atoms with Crippen molar-refractivity contribution in [3.8, 4) is 0 Å². The number of cyclic esters (lactones) is 1. The van der Waals surface area contributed by atoms with E-state index in [9.17, 15) is 4.79 Å². The van der Waals surface area contributed by atoms with Crippen molar-refractivity contribution in [2.75, 3.05) is 5.32 Å². The quantitative estimate of drug-likeness (QED) is 0.761. The lowest BCUT2D eigenvalue weighted by molar-refractivity contribution is 0.0308. The largest absolute Gasteiger partial charge is 0.433 e. The zero-order chi connectivity index (χ0) is 17.1. The number of anilines is 1. The molecule has 1 aliphatic carbocycles. The van der Waals surface area contributed by atoms with Gasteiger partial charge in [0.1, 0.15) is 0 Å². The molecule has 4 rings (SSSR count). The number of rotatable bonds is 4. The molecule has 1 unspecified atom stereocenters. The van der Waals surface area contributed by atoms with Gasteiger partial charge in [0.25, 0.3) is 0 Å². The highest BCUT2D eigenvalue weighted by Gasteiger charge is 2.43. The van der Waals surface area contributed by atoms with E-state index in [1.165, 1.54) is 32.1 Å². The summed E-state index contributed by atoms with van der Waals surface area (Å²) >= 11 is 0. The molecule has 1 saturated carbocycles. The number of fused-ring (bicyclic) bond motifs is 1. The molecule has 0 radical (unpaired) electrons. The average molecular weight is 335 g/mol. The zero-order valence-electron chi connectivity index (χ0n) is 14.5. The third-order valence-electron chi connectivity index (χ3n) is 5.74. The molecule has 3 heteroatoms. The van der Waals surface area contributed by atoms with Crippen molar-refractivity contribution in [1.82, 2.24) is 0 Å². The Balaban J connectivity index is 1.73. The number of carbonyl (C=O) groups excluding carboxylic acids is 1. The number of ether oxygens (including phenoxy) is 1. The van der Waals surface area contributed by atoms with E-state index in [4.69, 9.17) is 4.74 Å². The average Bonchev–Trinajstić information content (AvgIpc) is 2.67. The molecule has 0 spiro atoms. The number of nitrogens with one attached hydrogen (secondary N) is 1. The molecule has 0 aromatic heterocycles. The molecule has 2 aromatic rings. The number of carbonyl (C=O) groups is 1. The van der Waals surface area contributed by atoms with E-state index in [2.05, 4.69) is 23.5 Å². The summed E-state index contributed by atoms with van der Waals surface area (Å²) in [6, 6.07) is 18.3. The maximum atomic E-state index is 12.3. The Hall–Kier alpha value is -2.29. The summed E-state index contributed by atoms with van der Waals surface area (Å²) in [5.41, 5.74) is 2.31. The van der Waals surface area contributed by atoms with Gasteiger partial charge in [-0.2, -0.15) is 0 Å². The van der Waals surface area contributed by atoms with Crippen LogP contribution in [0.25, 0.3) is 0 Å². The van der Waals surface area contributed by atoms with Gasteiger partial charge >= 0.3 is 6.09 Å². The molecule has 0 bridgehead atoms. The third-order valence-corrected chi connectivity index (χ3v) is 5.74. The lowest BCUT2D eigenvalue weighted by Gasteiger charge is -2.40. The first-order chi connectivity index (χ1) is 12.3. The monoisotopic (exact) mass is 335 g/mol. The van der Waals surface area contributed by atoms with Gasteiger partial charge in [0, 0.05) is 11.1 Å². The molecule has 1 N–H and O–H groups in total. The van der Waals surface area contributed by atoms with Crippen molar-refractivity contribution in [3.63, 3.8) is 0 Å². The SMILES string of the molecule is O=C1Nc2ccccc2C(CCC2CCCCC2)(c2ccccc2)O1. The maximum Gasteiger partial charge on any atom is 0.412 e. The number of hydrogen-bond donors (Lipinski definition) is 1. The van der Waals surface area contributed by atoms with Crippen LogP contribution < -0.4 is 5.32 Å². The van der Waals surface area contributed by atoms with Crippen LogP contribution in [-0.2, 0) is 10.3 Å². The van der Waals surface area contributed by atoms with Crippen LogP contribution in [-0.4, -0.2) is 6.09 Å². The van der Waals surface area contributed by atoms with Gasteiger partial charge in [-0.15, -0.1) is 0 Å². The number of para-hydroxylation sites is 1. The van der Waals surface area contributed by atoms with E-state index in [0.717, 1.165) is 35.6 Å². The first-order valence-electron chi connectivity index (χ1n) is 9.43. The Bertz CT molecular complexity index is 737. The number of hydrogen-bond acceptors (Lipinski definition) is 2. The molecule has 1 amide bonds. The molecular formula is C22H25NO2. The molecule has 2 aliphatic rings. The summed E-state index contributed by atoms with van der Waals surface area (Å²) in [5.74, 6) is 0.745. The minimum atomic E-state index is -0.683. The number of benzene rings is 2. The summed E-state index contributed by atoms with van der Waals surface area (Å²) in [6.45, 7) is 0. The fourth-order valence-corrected chi connectivity index (χ4v) is 4.43. The topological polar surface area (TPSA) is 38.3 Å². The minimum absolute atomic E-state index is 0.355. The van der Waals surface area contributed by atoms with Gasteiger partial charge in [0.15, 0.2) is 5.60 Å². The molecule has 3 nitrogen and oxygen atoms in total. The fraction of sp³-hybridized carbons (Fsp3) is 0.409. The summed E-state index contributed by atoms with van der Waals surface area (Å²) in [4.78, 5) is 12.3. The standard InChI is InChI=1S/C22H25NO2/c24-21-23-20-14-8-7-13-19(20)22(25-21,18-11-5-2-6-12-18)16-15-17-9-3-1-4-10-17/h2,5-8,11-14,17H,1,3-4,9-10,15-16H2,(H,23,24). The lowest BCUT2D eigenvalue weighted by Crippen LogP contribution is -2.41. The van der Waals surface area contributed by atoms with Crippen LogP contribution >= 0.6 is 0 Å². The summed E-state index contributed by atoms with van der Waals surface area (Å²) in [6.07, 6.45) is 8.22. The fourth-order valence-electron chi connectivity index (χ4n) is 4.43. The molecular weight excluding hydrogens is 310 g/mol. The van der Waals surface area contributed by atoms with Crippen LogP contribution in [0.3, 0.4) is 0 Å². The van der Waals surface area contributed by atoms with Crippen LogP contribution in [0.4, 0.5) is 10.5 Å². The Kier molecular flexibility index (Phi) is 4.48. The molecule has 2 aromatic carbocycles.